The van der Waals surface area contributed by atoms with Gasteiger partial charge in [0.15, 0.2) is 6.61 Å². The lowest BCUT2D eigenvalue weighted by atomic mass is 10.0. The average molecular weight is 393 g/mol. The van der Waals surface area contributed by atoms with E-state index >= 15 is 0 Å². The van der Waals surface area contributed by atoms with E-state index < -0.39 is 5.97 Å². The topological polar surface area (TPSA) is 68.5 Å². The highest BCUT2D eigenvalue weighted by Crippen LogP contribution is 2.27. The van der Waals surface area contributed by atoms with Crippen molar-refractivity contribution >= 4 is 28.5 Å². The Balaban J connectivity index is 1.62. The van der Waals surface area contributed by atoms with Crippen molar-refractivity contribution in [3.05, 3.63) is 64.4 Å². The number of esters is 1. The van der Waals surface area contributed by atoms with E-state index in [9.17, 15) is 9.59 Å². The molecule has 1 aromatic heterocycles. The van der Waals surface area contributed by atoms with Crippen molar-refractivity contribution in [2.45, 2.75) is 47.0 Å². The van der Waals surface area contributed by atoms with Crippen LogP contribution in [0.25, 0.3) is 11.0 Å². The number of furan rings is 1. The lowest BCUT2D eigenvalue weighted by Crippen LogP contribution is -2.22. The monoisotopic (exact) mass is 393 g/mol. The van der Waals surface area contributed by atoms with Crippen LogP contribution in [0, 0.1) is 13.8 Å². The second kappa shape index (κ2) is 8.95. The summed E-state index contributed by atoms with van der Waals surface area (Å²) in [6.07, 6.45) is 3.28. The van der Waals surface area contributed by atoms with Crippen molar-refractivity contribution in [2.24, 2.45) is 0 Å². The fraction of sp³-hybridized carbons (Fsp3) is 0.333. The molecule has 5 heteroatoms. The first-order chi connectivity index (χ1) is 13.9. The first-order valence-electron chi connectivity index (χ1n) is 9.97. The molecule has 1 amide bonds. The third-order valence-corrected chi connectivity index (χ3v) is 5.30. The minimum atomic E-state index is -0.458. The van der Waals surface area contributed by atoms with Crippen LogP contribution < -0.4 is 5.32 Å². The van der Waals surface area contributed by atoms with Crippen molar-refractivity contribution in [1.82, 2.24) is 0 Å². The molecule has 152 valence electrons. The molecule has 0 saturated heterocycles. The van der Waals surface area contributed by atoms with E-state index in [-0.39, 0.29) is 18.9 Å². The summed E-state index contributed by atoms with van der Waals surface area (Å²) < 4.78 is 10.8. The lowest BCUT2D eigenvalue weighted by molar-refractivity contribution is -0.146. The van der Waals surface area contributed by atoms with Crippen molar-refractivity contribution in [3.8, 4) is 0 Å². The van der Waals surface area contributed by atoms with E-state index in [0.717, 1.165) is 57.3 Å². The van der Waals surface area contributed by atoms with Gasteiger partial charge in [-0.25, -0.2) is 0 Å². The molecular weight excluding hydrogens is 366 g/mol. The maximum absolute atomic E-state index is 12.3. The molecule has 0 spiro atoms. The van der Waals surface area contributed by atoms with E-state index in [0.29, 0.717) is 0 Å². The molecule has 0 unspecified atom stereocenters. The first kappa shape index (κ1) is 20.6. The minimum Gasteiger partial charge on any atom is -0.464 e. The fourth-order valence-corrected chi connectivity index (χ4v) is 3.46. The Labute approximate surface area is 171 Å². The summed E-state index contributed by atoms with van der Waals surface area (Å²) in [5.74, 6) is -0.793. The predicted molar refractivity (Wildman–Crippen MR) is 114 cm³/mol. The summed E-state index contributed by atoms with van der Waals surface area (Å²) >= 11 is 0. The van der Waals surface area contributed by atoms with Gasteiger partial charge in [-0.15, -0.1) is 0 Å². The Morgan fingerprint density at radius 3 is 2.34 bits per heavy atom. The van der Waals surface area contributed by atoms with Crippen LogP contribution in [0.15, 0.2) is 41.0 Å². The summed E-state index contributed by atoms with van der Waals surface area (Å²) in [5, 5.41) is 3.81. The number of para-hydroxylation sites is 1. The number of benzene rings is 2. The van der Waals surface area contributed by atoms with Crippen molar-refractivity contribution < 1.29 is 18.7 Å². The number of amides is 1. The number of carbonyl (C=O) groups excluding carboxylic acids is 2. The van der Waals surface area contributed by atoms with Crippen LogP contribution in [0.2, 0.25) is 0 Å². The van der Waals surface area contributed by atoms with Crippen LogP contribution in [0.1, 0.15) is 41.7 Å². The Morgan fingerprint density at radius 1 is 1.00 bits per heavy atom. The number of ether oxygens (including phenoxy) is 1. The summed E-state index contributed by atoms with van der Waals surface area (Å²) in [6, 6.07) is 9.94. The molecule has 0 aliphatic heterocycles. The van der Waals surface area contributed by atoms with Gasteiger partial charge in [0.05, 0.1) is 12.7 Å². The Morgan fingerprint density at radius 2 is 1.69 bits per heavy atom. The number of hydrogen-bond donors (Lipinski definition) is 1. The normalized spacial score (nSPS) is 10.9. The maximum Gasteiger partial charge on any atom is 0.310 e. The molecule has 0 aliphatic carbocycles. The van der Waals surface area contributed by atoms with E-state index in [1.807, 2.05) is 58.0 Å². The van der Waals surface area contributed by atoms with E-state index in [1.165, 1.54) is 0 Å². The van der Waals surface area contributed by atoms with E-state index in [2.05, 4.69) is 5.32 Å². The third-order valence-electron chi connectivity index (χ3n) is 5.30. The molecule has 5 nitrogen and oxygen atoms in total. The van der Waals surface area contributed by atoms with Crippen LogP contribution in [0.5, 0.6) is 0 Å². The zero-order chi connectivity index (χ0) is 21.0. The lowest BCUT2D eigenvalue weighted by Gasteiger charge is -2.14. The van der Waals surface area contributed by atoms with Crippen LogP contribution in [0.3, 0.4) is 0 Å². The minimum absolute atomic E-state index is 0.0640. The number of rotatable bonds is 7. The largest absolute Gasteiger partial charge is 0.464 e. The van der Waals surface area contributed by atoms with Crippen LogP contribution in [0.4, 0.5) is 5.69 Å². The second-order valence-electron chi connectivity index (χ2n) is 7.19. The van der Waals surface area contributed by atoms with Gasteiger partial charge < -0.3 is 14.5 Å². The predicted octanol–water partition coefficient (Wildman–Crippen LogP) is 4.90. The highest BCUT2D eigenvalue weighted by atomic mass is 16.5. The van der Waals surface area contributed by atoms with Crippen molar-refractivity contribution in [1.29, 1.82) is 0 Å². The molecule has 0 fully saturated rings. The number of fused-ring (bicyclic) bond motifs is 1. The van der Waals surface area contributed by atoms with Crippen LogP contribution >= 0.6 is 0 Å². The van der Waals surface area contributed by atoms with Crippen molar-refractivity contribution in [2.75, 3.05) is 11.9 Å². The summed E-state index contributed by atoms with van der Waals surface area (Å²) in [4.78, 5) is 24.6. The molecule has 2 aromatic carbocycles. The SMILES string of the molecule is CCc1cccc(CC)c1NC(=O)COC(=O)Cc1coc2c(C)c(C)ccc12. The highest BCUT2D eigenvalue weighted by molar-refractivity contribution is 5.95. The van der Waals surface area contributed by atoms with Gasteiger partial charge in [0.2, 0.25) is 0 Å². The third kappa shape index (κ3) is 4.50. The van der Waals surface area contributed by atoms with Crippen LogP contribution in [-0.4, -0.2) is 18.5 Å². The Hall–Kier alpha value is -3.08. The second-order valence-corrected chi connectivity index (χ2v) is 7.19. The van der Waals surface area contributed by atoms with Gasteiger partial charge in [-0.3, -0.25) is 9.59 Å². The summed E-state index contributed by atoms with van der Waals surface area (Å²) in [5.41, 5.74) is 6.70. The molecular formula is C24H27NO4. The molecule has 29 heavy (non-hydrogen) atoms. The highest BCUT2D eigenvalue weighted by Gasteiger charge is 2.16. The molecule has 3 rings (SSSR count). The maximum atomic E-state index is 12.3. The van der Waals surface area contributed by atoms with Gasteiger partial charge in [-0.2, -0.15) is 0 Å². The number of nitrogens with one attached hydrogen (secondary N) is 1. The van der Waals surface area contributed by atoms with Crippen molar-refractivity contribution in [3.63, 3.8) is 0 Å². The van der Waals surface area contributed by atoms with Gasteiger partial charge in [-0.1, -0.05) is 44.2 Å². The number of hydrogen-bond acceptors (Lipinski definition) is 4. The van der Waals surface area contributed by atoms with E-state index in [4.69, 9.17) is 9.15 Å². The molecule has 0 saturated carbocycles. The number of carbonyl (C=O) groups is 2. The molecule has 0 radical (unpaired) electrons. The summed E-state index contributed by atoms with van der Waals surface area (Å²) in [7, 11) is 0. The van der Waals surface area contributed by atoms with Crippen LogP contribution in [-0.2, 0) is 33.6 Å². The average Bonchev–Trinajstić information content (AvgIpc) is 3.12. The first-order valence-corrected chi connectivity index (χ1v) is 9.97. The molecule has 0 atom stereocenters. The molecule has 0 bridgehead atoms. The van der Waals surface area contributed by atoms with Gasteiger partial charge in [0.25, 0.3) is 5.91 Å². The number of aryl methyl sites for hydroxylation is 4. The Bertz CT molecular complexity index is 1030. The fourth-order valence-electron chi connectivity index (χ4n) is 3.46. The standard InChI is InChI=1S/C24H27NO4/c1-5-17-8-7-9-18(6-2)23(17)25-21(26)14-28-22(27)12-19-13-29-24-16(4)15(3)10-11-20(19)24/h7-11,13H,5-6,12,14H2,1-4H3,(H,25,26). The van der Waals surface area contributed by atoms with Gasteiger partial charge in [-0.05, 0) is 48.9 Å². The molecule has 1 N–H and O–H groups in total. The molecule has 3 aromatic rings. The molecule has 1 heterocycles. The quantitative estimate of drug-likeness (QED) is 0.580. The van der Waals surface area contributed by atoms with Gasteiger partial charge >= 0.3 is 5.97 Å². The number of anilines is 1. The zero-order valence-corrected chi connectivity index (χ0v) is 17.4. The van der Waals surface area contributed by atoms with E-state index in [1.54, 1.807) is 6.26 Å². The zero-order valence-electron chi connectivity index (χ0n) is 17.4. The summed E-state index contributed by atoms with van der Waals surface area (Å²) in [6.45, 7) is 7.79. The Kier molecular flexibility index (Phi) is 6.37. The van der Waals surface area contributed by atoms with Gasteiger partial charge in [0, 0.05) is 16.6 Å². The smallest absolute Gasteiger partial charge is 0.310 e. The molecule has 0 aliphatic rings. The van der Waals surface area contributed by atoms with Gasteiger partial charge in [0.1, 0.15) is 5.58 Å².